The van der Waals surface area contributed by atoms with Gasteiger partial charge in [0.05, 0.1) is 0 Å². The molecular weight excluding hydrogens is 262 g/mol. The second-order valence-electron chi connectivity index (χ2n) is 4.54. The SMILES string of the molecule is CCC(CNC(=O)NCCCc1ncn[nH]1)CC(=O)O. The van der Waals surface area contributed by atoms with Gasteiger partial charge in [0.1, 0.15) is 12.2 Å². The highest BCUT2D eigenvalue weighted by Gasteiger charge is 2.12. The Kier molecular flexibility index (Phi) is 7.08. The van der Waals surface area contributed by atoms with Crippen LogP contribution in [0.25, 0.3) is 0 Å². The van der Waals surface area contributed by atoms with Crippen LogP contribution >= 0.6 is 0 Å². The van der Waals surface area contributed by atoms with Crippen LogP contribution in [0.5, 0.6) is 0 Å². The Labute approximate surface area is 117 Å². The first kappa shape index (κ1) is 15.9. The minimum Gasteiger partial charge on any atom is -0.481 e. The molecule has 1 atom stereocenters. The van der Waals surface area contributed by atoms with Gasteiger partial charge in [0.15, 0.2) is 0 Å². The lowest BCUT2D eigenvalue weighted by Gasteiger charge is -2.13. The molecule has 1 aromatic heterocycles. The number of amides is 2. The van der Waals surface area contributed by atoms with Crippen molar-refractivity contribution in [2.75, 3.05) is 13.1 Å². The van der Waals surface area contributed by atoms with E-state index in [-0.39, 0.29) is 18.4 Å². The first-order valence-electron chi connectivity index (χ1n) is 6.69. The summed E-state index contributed by atoms with van der Waals surface area (Å²) in [6, 6.07) is -0.272. The van der Waals surface area contributed by atoms with E-state index in [9.17, 15) is 9.59 Å². The number of carboxylic acids is 1. The summed E-state index contributed by atoms with van der Waals surface area (Å²) in [5.41, 5.74) is 0. The molecule has 1 rings (SSSR count). The second kappa shape index (κ2) is 8.89. The lowest BCUT2D eigenvalue weighted by Crippen LogP contribution is -2.39. The first-order chi connectivity index (χ1) is 9.61. The normalized spacial score (nSPS) is 11.8. The number of aryl methyl sites for hydroxylation is 1. The third-order valence-corrected chi connectivity index (χ3v) is 2.93. The molecule has 1 unspecified atom stereocenters. The van der Waals surface area contributed by atoms with Crippen molar-refractivity contribution in [2.24, 2.45) is 5.92 Å². The molecule has 0 bridgehead atoms. The van der Waals surface area contributed by atoms with Crippen molar-refractivity contribution in [3.8, 4) is 0 Å². The number of hydrogen-bond acceptors (Lipinski definition) is 4. The molecule has 0 fully saturated rings. The number of hydrogen-bond donors (Lipinski definition) is 4. The van der Waals surface area contributed by atoms with Gasteiger partial charge in [0, 0.05) is 25.9 Å². The summed E-state index contributed by atoms with van der Waals surface area (Å²) in [7, 11) is 0. The van der Waals surface area contributed by atoms with Crippen molar-refractivity contribution in [1.82, 2.24) is 25.8 Å². The Hall–Kier alpha value is -2.12. The largest absolute Gasteiger partial charge is 0.481 e. The number of H-pyrrole nitrogens is 1. The Morgan fingerprint density at radius 3 is 2.85 bits per heavy atom. The van der Waals surface area contributed by atoms with Crippen LogP contribution < -0.4 is 10.6 Å². The van der Waals surface area contributed by atoms with E-state index >= 15 is 0 Å². The molecule has 2 amide bonds. The van der Waals surface area contributed by atoms with Crippen molar-refractivity contribution >= 4 is 12.0 Å². The monoisotopic (exact) mass is 283 g/mol. The Morgan fingerprint density at radius 1 is 1.45 bits per heavy atom. The van der Waals surface area contributed by atoms with Crippen LogP contribution in [-0.2, 0) is 11.2 Å². The van der Waals surface area contributed by atoms with Gasteiger partial charge in [-0.05, 0) is 12.3 Å². The van der Waals surface area contributed by atoms with Crippen molar-refractivity contribution in [1.29, 1.82) is 0 Å². The fourth-order valence-corrected chi connectivity index (χ4v) is 1.72. The molecule has 20 heavy (non-hydrogen) atoms. The molecule has 0 aliphatic rings. The van der Waals surface area contributed by atoms with Gasteiger partial charge in [-0.25, -0.2) is 9.78 Å². The molecular formula is C12H21N5O3. The van der Waals surface area contributed by atoms with Gasteiger partial charge in [-0.1, -0.05) is 13.3 Å². The molecule has 0 aliphatic heterocycles. The number of aromatic amines is 1. The van der Waals surface area contributed by atoms with E-state index in [1.54, 1.807) is 0 Å². The van der Waals surface area contributed by atoms with Crippen molar-refractivity contribution in [3.63, 3.8) is 0 Å². The lowest BCUT2D eigenvalue weighted by molar-refractivity contribution is -0.138. The van der Waals surface area contributed by atoms with Crippen molar-refractivity contribution < 1.29 is 14.7 Å². The zero-order chi connectivity index (χ0) is 14.8. The summed E-state index contributed by atoms with van der Waals surface area (Å²) in [6.07, 6.45) is 3.72. The molecule has 8 heteroatoms. The highest BCUT2D eigenvalue weighted by atomic mass is 16.4. The smallest absolute Gasteiger partial charge is 0.314 e. The molecule has 4 N–H and O–H groups in total. The van der Waals surface area contributed by atoms with Crippen molar-refractivity contribution in [2.45, 2.75) is 32.6 Å². The predicted octanol–water partition coefficient (Wildman–Crippen LogP) is 0.537. The fraction of sp³-hybridized carbons (Fsp3) is 0.667. The van der Waals surface area contributed by atoms with Gasteiger partial charge in [0.2, 0.25) is 0 Å². The van der Waals surface area contributed by atoms with Crippen LogP contribution in [-0.4, -0.2) is 45.4 Å². The number of aliphatic carboxylic acids is 1. The second-order valence-corrected chi connectivity index (χ2v) is 4.54. The van der Waals surface area contributed by atoms with Crippen LogP contribution in [0.1, 0.15) is 32.0 Å². The number of rotatable bonds is 9. The van der Waals surface area contributed by atoms with E-state index in [2.05, 4.69) is 25.8 Å². The summed E-state index contributed by atoms with van der Waals surface area (Å²) in [4.78, 5) is 26.1. The first-order valence-corrected chi connectivity index (χ1v) is 6.69. The quantitative estimate of drug-likeness (QED) is 0.493. The highest BCUT2D eigenvalue weighted by Crippen LogP contribution is 2.06. The standard InChI is InChI=1S/C12H21N5O3/c1-2-9(6-11(18)19)7-14-12(20)13-5-3-4-10-15-8-16-17-10/h8-9H,2-7H2,1H3,(H,18,19)(H2,13,14,20)(H,15,16,17). The average Bonchev–Trinajstić information content (AvgIpc) is 2.92. The Morgan fingerprint density at radius 2 is 2.25 bits per heavy atom. The van der Waals surface area contributed by atoms with E-state index in [0.29, 0.717) is 13.1 Å². The maximum absolute atomic E-state index is 11.5. The number of carboxylic acid groups (broad SMARTS) is 1. The van der Waals surface area contributed by atoms with Crippen LogP contribution in [0.4, 0.5) is 4.79 Å². The zero-order valence-electron chi connectivity index (χ0n) is 11.6. The van der Waals surface area contributed by atoms with Crippen molar-refractivity contribution in [3.05, 3.63) is 12.2 Å². The van der Waals surface area contributed by atoms with Gasteiger partial charge in [-0.3, -0.25) is 9.89 Å². The van der Waals surface area contributed by atoms with Gasteiger partial charge in [-0.2, -0.15) is 5.10 Å². The topological polar surface area (TPSA) is 120 Å². The molecule has 0 radical (unpaired) electrons. The summed E-state index contributed by atoms with van der Waals surface area (Å²) in [6.45, 7) is 2.81. The molecule has 0 aliphatic carbocycles. The summed E-state index contributed by atoms with van der Waals surface area (Å²) in [5.74, 6) is -0.0849. The van der Waals surface area contributed by atoms with E-state index < -0.39 is 5.97 Å². The number of aromatic nitrogens is 3. The molecule has 8 nitrogen and oxygen atoms in total. The number of carbonyl (C=O) groups excluding carboxylic acids is 1. The summed E-state index contributed by atoms with van der Waals surface area (Å²) >= 11 is 0. The van der Waals surface area contributed by atoms with E-state index in [1.165, 1.54) is 6.33 Å². The number of nitrogens with zero attached hydrogens (tertiary/aromatic N) is 2. The number of urea groups is 1. The third kappa shape index (κ3) is 6.72. The average molecular weight is 283 g/mol. The van der Waals surface area contributed by atoms with E-state index in [4.69, 9.17) is 5.11 Å². The molecule has 0 aromatic carbocycles. The number of nitrogens with one attached hydrogen (secondary N) is 3. The molecule has 1 aromatic rings. The minimum atomic E-state index is -0.842. The van der Waals surface area contributed by atoms with Gasteiger partial charge >= 0.3 is 12.0 Å². The van der Waals surface area contributed by atoms with Gasteiger partial charge < -0.3 is 15.7 Å². The molecule has 0 saturated heterocycles. The number of carbonyl (C=O) groups is 2. The maximum atomic E-state index is 11.5. The Bertz CT molecular complexity index is 407. The highest BCUT2D eigenvalue weighted by molar-refractivity contribution is 5.74. The third-order valence-electron chi connectivity index (χ3n) is 2.93. The van der Waals surface area contributed by atoms with E-state index in [0.717, 1.165) is 25.1 Å². The molecule has 1 heterocycles. The minimum absolute atomic E-state index is 0.0348. The lowest BCUT2D eigenvalue weighted by atomic mass is 10.0. The van der Waals surface area contributed by atoms with Crippen LogP contribution in [0.15, 0.2) is 6.33 Å². The maximum Gasteiger partial charge on any atom is 0.314 e. The zero-order valence-corrected chi connectivity index (χ0v) is 11.6. The summed E-state index contributed by atoms with van der Waals surface area (Å²) < 4.78 is 0. The fourth-order valence-electron chi connectivity index (χ4n) is 1.72. The molecule has 0 saturated carbocycles. The predicted molar refractivity (Wildman–Crippen MR) is 72.1 cm³/mol. The van der Waals surface area contributed by atoms with Crippen LogP contribution in [0.2, 0.25) is 0 Å². The van der Waals surface area contributed by atoms with Gasteiger partial charge in [0.25, 0.3) is 0 Å². The molecule has 0 spiro atoms. The molecule has 112 valence electrons. The summed E-state index contributed by atoms with van der Waals surface area (Å²) in [5, 5.41) is 20.6. The Balaban J connectivity index is 2.08. The van der Waals surface area contributed by atoms with Crippen LogP contribution in [0, 0.1) is 5.92 Å². The van der Waals surface area contributed by atoms with Gasteiger partial charge in [-0.15, -0.1) is 0 Å². The van der Waals surface area contributed by atoms with Crippen LogP contribution in [0.3, 0.4) is 0 Å². The van der Waals surface area contributed by atoms with E-state index in [1.807, 2.05) is 6.92 Å².